The molecule has 0 spiro atoms. The number of nitrogens with zero attached hydrogens (tertiary/aromatic N) is 1. The minimum atomic E-state index is -0.898. The molecule has 1 fully saturated rings. The summed E-state index contributed by atoms with van der Waals surface area (Å²) in [6, 6.07) is 11.5. The molecular weight excluding hydrogens is 352 g/mol. The number of rotatable bonds is 4. The summed E-state index contributed by atoms with van der Waals surface area (Å²) in [6.45, 7) is 6.08. The molecule has 0 radical (unpaired) electrons. The summed E-state index contributed by atoms with van der Waals surface area (Å²) in [4.78, 5) is 16.8. The van der Waals surface area contributed by atoms with Crippen LogP contribution in [0.2, 0.25) is 0 Å². The Morgan fingerprint density at radius 1 is 1.18 bits per heavy atom. The van der Waals surface area contributed by atoms with E-state index >= 15 is 0 Å². The van der Waals surface area contributed by atoms with E-state index in [0.717, 1.165) is 47.3 Å². The topological polar surface area (TPSA) is 65.6 Å². The Bertz CT molecular complexity index is 1010. The van der Waals surface area contributed by atoms with Crippen LogP contribution in [-0.4, -0.2) is 47.2 Å². The van der Waals surface area contributed by atoms with Gasteiger partial charge in [0.1, 0.15) is 11.9 Å². The third kappa shape index (κ3) is 3.38. The molecule has 4 rings (SSSR count). The fraction of sp³-hybridized carbons (Fsp3) is 0.348. The number of hydrogen-bond acceptors (Lipinski definition) is 3. The Labute approximate surface area is 164 Å². The van der Waals surface area contributed by atoms with Gasteiger partial charge in [-0.1, -0.05) is 18.2 Å². The van der Waals surface area contributed by atoms with Crippen molar-refractivity contribution in [2.24, 2.45) is 0 Å². The van der Waals surface area contributed by atoms with Gasteiger partial charge < -0.3 is 19.7 Å². The second-order valence-electron chi connectivity index (χ2n) is 7.85. The second-order valence-corrected chi connectivity index (χ2v) is 7.85. The quantitative estimate of drug-likeness (QED) is 0.708. The molecule has 1 aliphatic rings. The molecule has 0 unspecified atom stereocenters. The lowest BCUT2D eigenvalue weighted by atomic mass is 9.87. The van der Waals surface area contributed by atoms with Gasteiger partial charge in [-0.25, -0.2) is 4.79 Å². The number of aromatic nitrogens is 1. The first-order chi connectivity index (χ1) is 13.4. The van der Waals surface area contributed by atoms with Crippen molar-refractivity contribution in [3.63, 3.8) is 0 Å². The lowest BCUT2D eigenvalue weighted by Crippen LogP contribution is -2.42. The zero-order valence-corrected chi connectivity index (χ0v) is 16.5. The molecule has 0 bridgehead atoms. The molecule has 1 aliphatic heterocycles. The van der Waals surface area contributed by atoms with E-state index in [-0.39, 0.29) is 12.0 Å². The number of H-pyrrole nitrogens is 1. The number of aromatic amines is 1. The van der Waals surface area contributed by atoms with Gasteiger partial charge in [0, 0.05) is 30.6 Å². The lowest BCUT2D eigenvalue weighted by Gasteiger charge is -2.37. The first kappa shape index (κ1) is 18.6. The van der Waals surface area contributed by atoms with Gasteiger partial charge >= 0.3 is 5.97 Å². The Kier molecular flexibility index (Phi) is 4.85. The van der Waals surface area contributed by atoms with Crippen molar-refractivity contribution in [3.05, 3.63) is 64.8 Å². The lowest BCUT2D eigenvalue weighted by molar-refractivity contribution is 0.0696. The van der Waals surface area contributed by atoms with Crippen molar-refractivity contribution in [1.82, 2.24) is 9.88 Å². The zero-order chi connectivity index (χ0) is 19.8. The van der Waals surface area contributed by atoms with Crippen LogP contribution in [-0.2, 0) is 0 Å². The van der Waals surface area contributed by atoms with Crippen LogP contribution in [0.25, 0.3) is 10.9 Å². The van der Waals surface area contributed by atoms with Crippen LogP contribution in [0, 0.1) is 13.8 Å². The molecule has 0 saturated carbocycles. The molecule has 2 heterocycles. The monoisotopic (exact) mass is 378 g/mol. The maximum atomic E-state index is 11.2. The first-order valence-corrected chi connectivity index (χ1v) is 9.70. The Balaban J connectivity index is 1.67. The van der Waals surface area contributed by atoms with Crippen molar-refractivity contribution in [3.8, 4) is 5.75 Å². The van der Waals surface area contributed by atoms with E-state index in [0.29, 0.717) is 5.56 Å². The highest BCUT2D eigenvalue weighted by Gasteiger charge is 2.31. The molecule has 1 saturated heterocycles. The zero-order valence-electron chi connectivity index (χ0n) is 16.5. The average molecular weight is 378 g/mol. The number of likely N-dealkylation sites (N-methyl/N-ethyl adjacent to an activating group) is 1. The molecule has 146 valence electrons. The van der Waals surface area contributed by atoms with Crippen molar-refractivity contribution in [1.29, 1.82) is 0 Å². The van der Waals surface area contributed by atoms with Crippen molar-refractivity contribution >= 4 is 16.9 Å². The van der Waals surface area contributed by atoms with Crippen LogP contribution < -0.4 is 4.74 Å². The van der Waals surface area contributed by atoms with E-state index in [4.69, 9.17) is 4.74 Å². The van der Waals surface area contributed by atoms with Gasteiger partial charge in [-0.2, -0.15) is 0 Å². The molecule has 0 aliphatic carbocycles. The molecule has 5 heteroatoms. The number of fused-ring (bicyclic) bond motifs is 1. The summed E-state index contributed by atoms with van der Waals surface area (Å²) in [6.07, 6.45) is 2.94. The standard InChI is InChI=1S/C23H26N2O3/c1-14-12-15(2)22(18-8-10-24-21(14)18)28-20-9-11-25(3)13-19(20)16-4-6-17(7-5-16)23(26)27/h4-8,10,12,19-20,24H,9,11,13H2,1-3H3,(H,26,27)/t19-,20-/m0/s1. The molecule has 3 aromatic rings. The van der Waals surface area contributed by atoms with Gasteiger partial charge in [0.25, 0.3) is 0 Å². The maximum Gasteiger partial charge on any atom is 0.335 e. The highest BCUT2D eigenvalue weighted by Crippen LogP contribution is 2.36. The van der Waals surface area contributed by atoms with E-state index in [1.165, 1.54) is 5.56 Å². The van der Waals surface area contributed by atoms with Crippen LogP contribution in [0.3, 0.4) is 0 Å². The molecule has 2 N–H and O–H groups in total. The van der Waals surface area contributed by atoms with Gasteiger partial charge in [-0.3, -0.25) is 0 Å². The highest BCUT2D eigenvalue weighted by atomic mass is 16.5. The number of carbonyl (C=O) groups is 1. The number of carboxylic acid groups (broad SMARTS) is 1. The van der Waals surface area contributed by atoms with E-state index in [2.05, 4.69) is 42.9 Å². The van der Waals surface area contributed by atoms with Crippen LogP contribution >= 0.6 is 0 Å². The number of aryl methyl sites for hydroxylation is 2. The normalized spacial score (nSPS) is 20.4. The number of aromatic carboxylic acids is 1. The number of ether oxygens (including phenoxy) is 1. The second kappa shape index (κ2) is 7.32. The van der Waals surface area contributed by atoms with Crippen LogP contribution in [0.15, 0.2) is 42.6 Å². The van der Waals surface area contributed by atoms with Gasteiger partial charge in [-0.15, -0.1) is 0 Å². The number of benzene rings is 2. The van der Waals surface area contributed by atoms with E-state index < -0.39 is 5.97 Å². The Morgan fingerprint density at radius 3 is 2.64 bits per heavy atom. The van der Waals surface area contributed by atoms with Gasteiger partial charge in [0.2, 0.25) is 0 Å². The molecule has 5 nitrogen and oxygen atoms in total. The summed E-state index contributed by atoms with van der Waals surface area (Å²) in [7, 11) is 2.12. The molecule has 2 aromatic carbocycles. The minimum absolute atomic E-state index is 0.0476. The van der Waals surface area contributed by atoms with Crippen LogP contribution in [0.5, 0.6) is 5.75 Å². The van der Waals surface area contributed by atoms with Crippen molar-refractivity contribution in [2.75, 3.05) is 20.1 Å². The summed E-state index contributed by atoms with van der Waals surface area (Å²) >= 11 is 0. The van der Waals surface area contributed by atoms with E-state index in [1.807, 2.05) is 18.3 Å². The number of hydrogen-bond donors (Lipinski definition) is 2. The Morgan fingerprint density at radius 2 is 1.93 bits per heavy atom. The SMILES string of the molecule is Cc1cc(C)c2[nH]ccc2c1O[C@H]1CCN(C)C[C@H]1c1ccc(C(=O)O)cc1. The fourth-order valence-corrected chi connectivity index (χ4v) is 4.30. The highest BCUT2D eigenvalue weighted by molar-refractivity contribution is 5.90. The van der Waals surface area contributed by atoms with Crippen molar-refractivity contribution < 1.29 is 14.6 Å². The average Bonchev–Trinajstić information content (AvgIpc) is 3.16. The van der Waals surface area contributed by atoms with Gasteiger partial charge in [0.05, 0.1) is 11.1 Å². The van der Waals surface area contributed by atoms with Crippen LogP contribution in [0.1, 0.15) is 39.4 Å². The molecule has 1 aromatic heterocycles. The van der Waals surface area contributed by atoms with Gasteiger partial charge in [-0.05, 0) is 62.2 Å². The number of piperidine rings is 1. The molecular formula is C23H26N2O3. The third-order valence-corrected chi connectivity index (χ3v) is 5.78. The third-order valence-electron chi connectivity index (χ3n) is 5.78. The smallest absolute Gasteiger partial charge is 0.335 e. The number of nitrogens with one attached hydrogen (secondary N) is 1. The Hall–Kier alpha value is -2.79. The predicted molar refractivity (Wildman–Crippen MR) is 110 cm³/mol. The molecule has 0 amide bonds. The summed E-state index contributed by atoms with van der Waals surface area (Å²) < 4.78 is 6.64. The number of carboxylic acids is 1. The molecule has 2 atom stereocenters. The predicted octanol–water partition coefficient (Wildman–Crippen LogP) is 4.35. The van der Waals surface area contributed by atoms with E-state index in [9.17, 15) is 9.90 Å². The van der Waals surface area contributed by atoms with Gasteiger partial charge in [0.15, 0.2) is 0 Å². The summed E-state index contributed by atoms with van der Waals surface area (Å²) in [5.41, 5.74) is 4.92. The first-order valence-electron chi connectivity index (χ1n) is 9.70. The van der Waals surface area contributed by atoms with E-state index in [1.54, 1.807) is 12.1 Å². The summed E-state index contributed by atoms with van der Waals surface area (Å²) in [5, 5.41) is 10.3. The largest absolute Gasteiger partial charge is 0.489 e. The molecule has 28 heavy (non-hydrogen) atoms. The summed E-state index contributed by atoms with van der Waals surface area (Å²) in [5.74, 6) is 0.241. The fourth-order valence-electron chi connectivity index (χ4n) is 4.30. The minimum Gasteiger partial charge on any atom is -0.489 e. The van der Waals surface area contributed by atoms with Crippen LogP contribution in [0.4, 0.5) is 0 Å². The number of likely N-dealkylation sites (tertiary alicyclic amines) is 1. The maximum absolute atomic E-state index is 11.2. The van der Waals surface area contributed by atoms with Crippen molar-refractivity contribution in [2.45, 2.75) is 32.3 Å².